The molecule has 6 heteroatoms. The number of allylic oxidation sites excluding steroid dienone is 4. The number of pyridine rings is 2. The van der Waals surface area contributed by atoms with Gasteiger partial charge in [0, 0.05) is 16.2 Å². The average Bonchev–Trinajstić information content (AvgIpc) is 3.47. The molecule has 0 spiro atoms. The number of hydrogen-bond acceptors (Lipinski definition) is 2. The van der Waals surface area contributed by atoms with E-state index in [0.717, 1.165) is 52.3 Å². The summed E-state index contributed by atoms with van der Waals surface area (Å²) >= 11 is 0. The Morgan fingerprint density at radius 1 is 0.702 bits per heavy atom. The van der Waals surface area contributed by atoms with Gasteiger partial charge in [0.2, 0.25) is 0 Å². The Morgan fingerprint density at radius 3 is 1.64 bits per heavy atom. The second-order valence-electron chi connectivity index (χ2n) is 17.6. The zero-order valence-electron chi connectivity index (χ0n) is 29.2. The molecule has 0 aliphatic heterocycles. The molecule has 9 rings (SSSR count). The van der Waals surface area contributed by atoms with Gasteiger partial charge >= 0.3 is 0 Å². The zero-order chi connectivity index (χ0) is 32.9. The van der Waals surface area contributed by atoms with Crippen molar-refractivity contribution in [1.82, 2.24) is 9.97 Å². The maximum absolute atomic E-state index is 5.54. The Balaban J connectivity index is 1.46. The van der Waals surface area contributed by atoms with Crippen LogP contribution in [0.25, 0.3) is 21.8 Å². The molecule has 0 amide bonds. The second kappa shape index (κ2) is 11.3. The van der Waals surface area contributed by atoms with Gasteiger partial charge < -0.3 is 0 Å². The molecule has 47 heavy (non-hydrogen) atoms. The normalized spacial score (nSPS) is 29.3. The van der Waals surface area contributed by atoms with Gasteiger partial charge in [-0.05, 0) is 103 Å². The molecule has 2 nitrogen and oxygen atoms in total. The molecular formula is C41H52N2P2Si2. The minimum absolute atomic E-state index is 0.198. The Morgan fingerprint density at radius 2 is 1.19 bits per heavy atom. The van der Waals surface area contributed by atoms with Crippen molar-refractivity contribution in [2.45, 2.75) is 82.1 Å². The van der Waals surface area contributed by atoms with Gasteiger partial charge in [-0.25, -0.2) is 0 Å². The van der Waals surface area contributed by atoms with Crippen molar-refractivity contribution < 1.29 is 0 Å². The summed E-state index contributed by atoms with van der Waals surface area (Å²) in [6.07, 6.45) is 11.1. The molecular weight excluding hydrogens is 639 g/mol. The molecule has 4 bridgehead atoms. The van der Waals surface area contributed by atoms with Crippen LogP contribution in [-0.4, -0.2) is 32.3 Å². The van der Waals surface area contributed by atoms with Crippen LogP contribution in [0.15, 0.2) is 95.2 Å². The van der Waals surface area contributed by atoms with Crippen molar-refractivity contribution in [1.29, 1.82) is 0 Å². The van der Waals surface area contributed by atoms with E-state index in [-0.39, 0.29) is 5.41 Å². The summed E-state index contributed by atoms with van der Waals surface area (Å²) in [6, 6.07) is 26.4. The molecule has 0 radical (unpaired) electrons. The summed E-state index contributed by atoms with van der Waals surface area (Å²) in [5.74, 6) is 3.41. The first-order chi connectivity index (χ1) is 22.3. The Kier molecular flexibility index (Phi) is 7.74. The molecule has 2 heterocycles. The van der Waals surface area contributed by atoms with Crippen LogP contribution in [-0.2, 0) is 5.16 Å². The summed E-state index contributed by atoms with van der Waals surface area (Å²) in [7, 11) is 3.37. The third-order valence-corrected chi connectivity index (χ3v) is 19.1. The standard InChI is InChI=1S/C41H52N2P2Si2/c1-46(2,3)35-24-32(38(39(35)47(4,5)6)40(25-44)30-20-26-19-27(22-30)23-31(40)21-26)41(45,36-17-15-28-11-7-9-13-33(28)42-36)37-18-16-29-12-8-10-14-34(29)43-37/h7-18,24,26-27,30-31,35H,19-23,25,44-45H2,1-6H3. The molecule has 0 N–H and O–H groups in total. The van der Waals surface area contributed by atoms with E-state index in [0.29, 0.717) is 5.54 Å². The van der Waals surface area contributed by atoms with Gasteiger partial charge in [-0.1, -0.05) is 99.1 Å². The first-order valence-electron chi connectivity index (χ1n) is 18.0. The number of rotatable bonds is 7. The monoisotopic (exact) mass is 690 g/mol. The summed E-state index contributed by atoms with van der Waals surface area (Å²) < 4.78 is 0. The topological polar surface area (TPSA) is 25.8 Å². The van der Waals surface area contributed by atoms with Gasteiger partial charge in [0.25, 0.3) is 0 Å². The number of benzene rings is 2. The van der Waals surface area contributed by atoms with Crippen LogP contribution in [0.1, 0.15) is 43.5 Å². The van der Waals surface area contributed by atoms with Crippen LogP contribution in [0.2, 0.25) is 44.8 Å². The molecule has 3 unspecified atom stereocenters. The minimum Gasteiger partial charge on any atom is -0.251 e. The predicted octanol–water partition coefficient (Wildman–Crippen LogP) is 11.0. The van der Waals surface area contributed by atoms with Gasteiger partial charge in [-0.15, -0.1) is 18.5 Å². The van der Waals surface area contributed by atoms with E-state index < -0.39 is 21.3 Å². The SMILES string of the molecule is C[Si](C)(C)C1=C(C2(CP)C3CC4CC(C3)CC2C4)C(C(P)(c2ccc3ccccc3n2)c2ccc3ccccc3n2)=CC1[Si](C)(C)C. The fourth-order valence-corrected chi connectivity index (χ4v) is 18.7. The predicted molar refractivity (Wildman–Crippen MR) is 214 cm³/mol. The number of para-hydroxylation sites is 2. The molecule has 244 valence electrons. The van der Waals surface area contributed by atoms with E-state index in [1.807, 2.05) is 5.20 Å². The lowest BCUT2D eigenvalue weighted by Crippen LogP contribution is -2.56. The molecule has 3 atom stereocenters. The highest BCUT2D eigenvalue weighted by molar-refractivity contribution is 7.19. The fraction of sp³-hybridized carbons (Fsp3) is 0.463. The second-order valence-corrected chi connectivity index (χ2v) is 29.3. The van der Waals surface area contributed by atoms with Crippen LogP contribution >= 0.6 is 18.5 Å². The lowest BCUT2D eigenvalue weighted by molar-refractivity contribution is -0.0737. The Labute approximate surface area is 289 Å². The van der Waals surface area contributed by atoms with Crippen LogP contribution in [0.4, 0.5) is 0 Å². The number of hydrogen-bond donors (Lipinski definition) is 0. The molecule has 2 aromatic heterocycles. The van der Waals surface area contributed by atoms with Gasteiger partial charge in [-0.2, -0.15) is 0 Å². The van der Waals surface area contributed by atoms with Gasteiger partial charge in [0.05, 0.1) is 43.7 Å². The third-order valence-electron chi connectivity index (χ3n) is 12.8. The van der Waals surface area contributed by atoms with Crippen molar-refractivity contribution >= 4 is 56.4 Å². The van der Waals surface area contributed by atoms with Crippen molar-refractivity contribution in [2.24, 2.45) is 29.1 Å². The molecule has 0 saturated heterocycles. The lowest BCUT2D eigenvalue weighted by atomic mass is 9.43. The van der Waals surface area contributed by atoms with Crippen molar-refractivity contribution in [2.75, 3.05) is 6.16 Å². The molecule has 4 aromatic rings. The molecule has 4 fully saturated rings. The molecule has 2 aromatic carbocycles. The van der Waals surface area contributed by atoms with E-state index in [1.54, 1.807) is 5.57 Å². The smallest absolute Gasteiger partial charge is 0.0933 e. The highest BCUT2D eigenvalue weighted by atomic mass is 31.0. The van der Waals surface area contributed by atoms with E-state index >= 15 is 0 Å². The maximum Gasteiger partial charge on any atom is 0.0933 e. The summed E-state index contributed by atoms with van der Waals surface area (Å²) in [5.41, 5.74) is 8.34. The first kappa shape index (κ1) is 32.3. The van der Waals surface area contributed by atoms with Gasteiger partial charge in [0.1, 0.15) is 0 Å². The number of nitrogens with zero attached hydrogens (tertiary/aromatic N) is 2. The first-order valence-corrected chi connectivity index (χ1v) is 26.5. The van der Waals surface area contributed by atoms with Gasteiger partial charge in [0.15, 0.2) is 0 Å². The van der Waals surface area contributed by atoms with Crippen LogP contribution in [0, 0.1) is 29.1 Å². The number of fused-ring (bicyclic) bond motifs is 2. The molecule has 5 aliphatic carbocycles. The fourth-order valence-electron chi connectivity index (χ4n) is 10.8. The van der Waals surface area contributed by atoms with E-state index in [1.165, 1.54) is 48.4 Å². The summed E-state index contributed by atoms with van der Waals surface area (Å²) in [5, 5.41) is 3.69. The van der Waals surface area contributed by atoms with Crippen LogP contribution in [0.5, 0.6) is 0 Å². The minimum atomic E-state index is -1.77. The lowest BCUT2D eigenvalue weighted by Gasteiger charge is -2.63. The highest BCUT2D eigenvalue weighted by Gasteiger charge is 2.62. The van der Waals surface area contributed by atoms with Crippen LogP contribution < -0.4 is 0 Å². The quantitative estimate of drug-likeness (QED) is 0.142. The van der Waals surface area contributed by atoms with Crippen molar-refractivity contribution in [3.63, 3.8) is 0 Å². The summed E-state index contributed by atoms with van der Waals surface area (Å²) in [4.78, 5) is 11.1. The van der Waals surface area contributed by atoms with Crippen molar-refractivity contribution in [3.05, 3.63) is 107 Å². The Hall–Kier alpha value is -1.97. The Bertz CT molecular complexity index is 1840. The highest BCUT2D eigenvalue weighted by Crippen LogP contribution is 2.70. The maximum atomic E-state index is 5.54. The van der Waals surface area contributed by atoms with E-state index in [2.05, 4.69) is 137 Å². The summed E-state index contributed by atoms with van der Waals surface area (Å²) in [6.45, 7) is 15.8. The molecule has 5 aliphatic rings. The molecule has 4 saturated carbocycles. The van der Waals surface area contributed by atoms with E-state index in [9.17, 15) is 0 Å². The zero-order valence-corrected chi connectivity index (χ0v) is 33.5. The largest absolute Gasteiger partial charge is 0.251 e. The van der Waals surface area contributed by atoms with Crippen molar-refractivity contribution in [3.8, 4) is 0 Å². The van der Waals surface area contributed by atoms with Crippen LogP contribution in [0.3, 0.4) is 0 Å². The van der Waals surface area contributed by atoms with E-state index in [4.69, 9.17) is 9.97 Å². The van der Waals surface area contributed by atoms with Gasteiger partial charge in [-0.3, -0.25) is 9.97 Å². The average molecular weight is 691 g/mol. The number of aromatic nitrogens is 2. The third kappa shape index (κ3) is 4.98.